The summed E-state index contributed by atoms with van der Waals surface area (Å²) in [6, 6.07) is 10.9. The number of nitrogens with zero attached hydrogens (tertiary/aromatic N) is 2. The number of hydrogen-bond acceptors (Lipinski definition) is 7. The Morgan fingerprint density at radius 1 is 1.17 bits per heavy atom. The SMILES string of the molecule is COc1ccc(S(=O)(=O)NC2CC2)cc1NC(=O)c1ccc(-c2nc(C)no2)cc1. The van der Waals surface area contributed by atoms with Crippen molar-refractivity contribution in [1.82, 2.24) is 14.9 Å². The molecule has 0 spiro atoms. The summed E-state index contributed by atoms with van der Waals surface area (Å²) in [7, 11) is -2.21. The molecule has 1 aliphatic carbocycles. The van der Waals surface area contributed by atoms with Gasteiger partial charge in [0, 0.05) is 17.2 Å². The first-order valence-electron chi connectivity index (χ1n) is 9.28. The highest BCUT2D eigenvalue weighted by molar-refractivity contribution is 7.89. The molecule has 0 aliphatic heterocycles. The van der Waals surface area contributed by atoms with E-state index in [2.05, 4.69) is 20.2 Å². The smallest absolute Gasteiger partial charge is 0.257 e. The van der Waals surface area contributed by atoms with Gasteiger partial charge in [0.25, 0.3) is 11.8 Å². The van der Waals surface area contributed by atoms with Gasteiger partial charge in [-0.25, -0.2) is 13.1 Å². The Kier molecular flexibility index (Phi) is 5.27. The van der Waals surface area contributed by atoms with E-state index in [-0.39, 0.29) is 16.6 Å². The Bertz CT molecular complexity index is 1180. The van der Waals surface area contributed by atoms with Crippen LogP contribution in [0, 0.1) is 6.92 Å². The van der Waals surface area contributed by atoms with Crippen molar-refractivity contribution in [2.24, 2.45) is 0 Å². The van der Waals surface area contributed by atoms with Gasteiger partial charge < -0.3 is 14.6 Å². The van der Waals surface area contributed by atoms with Gasteiger partial charge >= 0.3 is 0 Å². The van der Waals surface area contributed by atoms with Crippen LogP contribution in [0.1, 0.15) is 29.0 Å². The van der Waals surface area contributed by atoms with E-state index < -0.39 is 15.9 Å². The highest BCUT2D eigenvalue weighted by Gasteiger charge is 2.28. The van der Waals surface area contributed by atoms with Crippen LogP contribution in [0.25, 0.3) is 11.5 Å². The van der Waals surface area contributed by atoms with E-state index in [1.165, 1.54) is 25.3 Å². The first-order chi connectivity index (χ1) is 14.4. The highest BCUT2D eigenvalue weighted by Crippen LogP contribution is 2.29. The molecule has 9 nitrogen and oxygen atoms in total. The molecular formula is C20H20N4O5S. The quantitative estimate of drug-likeness (QED) is 0.593. The molecule has 10 heteroatoms. The van der Waals surface area contributed by atoms with Crippen molar-refractivity contribution in [3.63, 3.8) is 0 Å². The average Bonchev–Trinajstić information content (AvgIpc) is 3.43. The Morgan fingerprint density at radius 2 is 1.90 bits per heavy atom. The van der Waals surface area contributed by atoms with Crippen LogP contribution in [-0.4, -0.2) is 37.6 Å². The number of methoxy groups -OCH3 is 1. The van der Waals surface area contributed by atoms with Crippen molar-refractivity contribution < 1.29 is 22.5 Å². The fourth-order valence-electron chi connectivity index (χ4n) is 2.81. The molecule has 1 aliphatic rings. The maximum absolute atomic E-state index is 12.7. The van der Waals surface area contributed by atoms with Crippen LogP contribution in [0.3, 0.4) is 0 Å². The minimum atomic E-state index is -3.66. The van der Waals surface area contributed by atoms with Crippen molar-refractivity contribution in [2.75, 3.05) is 12.4 Å². The molecule has 0 unspecified atom stereocenters. The standard InChI is InChI=1S/C20H20N4O5S/c1-12-21-20(29-23-12)14-5-3-13(4-6-14)19(25)22-17-11-16(9-10-18(17)28-2)30(26,27)24-15-7-8-15/h3-6,9-11,15,24H,7-8H2,1-2H3,(H,22,25). The molecule has 0 bridgehead atoms. The predicted octanol–water partition coefficient (Wildman–Crippen LogP) is 2.75. The molecule has 1 heterocycles. The molecule has 0 atom stereocenters. The van der Waals surface area contributed by atoms with Crippen LogP contribution in [-0.2, 0) is 10.0 Å². The number of sulfonamides is 1. The van der Waals surface area contributed by atoms with Gasteiger partial charge in [0.2, 0.25) is 10.0 Å². The van der Waals surface area contributed by atoms with E-state index in [1.54, 1.807) is 31.2 Å². The van der Waals surface area contributed by atoms with Crippen LogP contribution in [0.2, 0.25) is 0 Å². The van der Waals surface area contributed by atoms with E-state index in [9.17, 15) is 13.2 Å². The summed E-state index contributed by atoms with van der Waals surface area (Å²) in [4.78, 5) is 16.9. The molecule has 0 saturated heterocycles. The van der Waals surface area contributed by atoms with Crippen LogP contribution in [0.5, 0.6) is 5.75 Å². The summed E-state index contributed by atoms with van der Waals surface area (Å²) in [6.45, 7) is 1.72. The summed E-state index contributed by atoms with van der Waals surface area (Å²) in [5, 5.41) is 6.46. The molecule has 3 aromatic rings. The number of carbonyl (C=O) groups excluding carboxylic acids is 1. The van der Waals surface area contributed by atoms with Crippen molar-refractivity contribution in [2.45, 2.75) is 30.7 Å². The first-order valence-corrected chi connectivity index (χ1v) is 10.8. The summed E-state index contributed by atoms with van der Waals surface area (Å²) in [5.74, 6) is 0.824. The van der Waals surface area contributed by atoms with E-state index in [4.69, 9.17) is 9.26 Å². The maximum atomic E-state index is 12.7. The second-order valence-electron chi connectivity index (χ2n) is 6.94. The van der Waals surface area contributed by atoms with Crippen LogP contribution < -0.4 is 14.8 Å². The minimum Gasteiger partial charge on any atom is -0.495 e. The summed E-state index contributed by atoms with van der Waals surface area (Å²) < 4.78 is 38.0. The Labute approximate surface area is 173 Å². The van der Waals surface area contributed by atoms with Gasteiger partial charge in [0.05, 0.1) is 17.7 Å². The molecule has 1 amide bonds. The number of hydrogen-bond donors (Lipinski definition) is 2. The Balaban J connectivity index is 1.55. The first kappa shape index (κ1) is 20.0. The van der Waals surface area contributed by atoms with Gasteiger partial charge in [-0.05, 0) is 62.2 Å². The summed E-state index contributed by atoms with van der Waals surface area (Å²) >= 11 is 0. The van der Waals surface area contributed by atoms with Crippen LogP contribution in [0.15, 0.2) is 51.9 Å². The second kappa shape index (κ2) is 7.88. The third-order valence-electron chi connectivity index (χ3n) is 4.55. The number of aryl methyl sites for hydroxylation is 1. The minimum absolute atomic E-state index is 0.0173. The summed E-state index contributed by atoms with van der Waals surface area (Å²) in [5.41, 5.74) is 1.32. The maximum Gasteiger partial charge on any atom is 0.257 e. The van der Waals surface area contributed by atoms with Gasteiger partial charge in [0.15, 0.2) is 5.82 Å². The molecule has 156 valence electrons. The molecule has 2 N–H and O–H groups in total. The Morgan fingerprint density at radius 3 is 2.50 bits per heavy atom. The Hall–Kier alpha value is -3.24. The van der Waals surface area contributed by atoms with E-state index >= 15 is 0 Å². The molecule has 1 fully saturated rings. The van der Waals surface area contributed by atoms with Gasteiger partial charge in [-0.1, -0.05) is 5.16 Å². The van der Waals surface area contributed by atoms with Crippen molar-refractivity contribution >= 4 is 21.6 Å². The number of anilines is 1. The number of amides is 1. The molecule has 2 aromatic carbocycles. The lowest BCUT2D eigenvalue weighted by molar-refractivity contribution is 0.102. The normalized spacial score (nSPS) is 13.8. The van der Waals surface area contributed by atoms with E-state index in [1.807, 2.05) is 0 Å². The third kappa shape index (κ3) is 4.34. The molecule has 30 heavy (non-hydrogen) atoms. The molecule has 0 radical (unpaired) electrons. The van der Waals surface area contributed by atoms with E-state index in [0.717, 1.165) is 12.8 Å². The topological polar surface area (TPSA) is 123 Å². The largest absolute Gasteiger partial charge is 0.495 e. The second-order valence-corrected chi connectivity index (χ2v) is 8.65. The van der Waals surface area contributed by atoms with Crippen LogP contribution in [0.4, 0.5) is 5.69 Å². The fraction of sp³-hybridized carbons (Fsp3) is 0.250. The zero-order valence-corrected chi connectivity index (χ0v) is 17.2. The van der Waals surface area contributed by atoms with Gasteiger partial charge in [-0.2, -0.15) is 4.98 Å². The summed E-state index contributed by atoms with van der Waals surface area (Å²) in [6.07, 6.45) is 1.66. The lowest BCUT2D eigenvalue weighted by Crippen LogP contribution is -2.25. The number of carbonyl (C=O) groups is 1. The molecular weight excluding hydrogens is 408 g/mol. The van der Waals surface area contributed by atoms with Crippen molar-refractivity contribution in [3.05, 3.63) is 53.9 Å². The number of rotatable bonds is 7. The van der Waals surface area contributed by atoms with E-state index in [0.29, 0.717) is 28.6 Å². The van der Waals surface area contributed by atoms with Crippen LogP contribution >= 0.6 is 0 Å². The number of nitrogens with one attached hydrogen (secondary N) is 2. The highest BCUT2D eigenvalue weighted by atomic mass is 32.2. The molecule has 1 aromatic heterocycles. The van der Waals surface area contributed by atoms with Crippen molar-refractivity contribution in [3.8, 4) is 17.2 Å². The number of aromatic nitrogens is 2. The van der Waals surface area contributed by atoms with Gasteiger partial charge in [0.1, 0.15) is 5.75 Å². The monoisotopic (exact) mass is 428 g/mol. The van der Waals surface area contributed by atoms with Gasteiger partial charge in [-0.15, -0.1) is 0 Å². The molecule has 1 saturated carbocycles. The van der Waals surface area contributed by atoms with Crippen molar-refractivity contribution in [1.29, 1.82) is 0 Å². The number of benzene rings is 2. The zero-order valence-electron chi connectivity index (χ0n) is 16.4. The zero-order chi connectivity index (χ0) is 21.3. The predicted molar refractivity (Wildman–Crippen MR) is 109 cm³/mol. The average molecular weight is 428 g/mol. The lowest BCUT2D eigenvalue weighted by atomic mass is 10.1. The number of ether oxygens (including phenoxy) is 1. The molecule has 4 rings (SSSR count). The third-order valence-corrected chi connectivity index (χ3v) is 6.07. The lowest BCUT2D eigenvalue weighted by Gasteiger charge is -2.13. The fourth-order valence-corrected chi connectivity index (χ4v) is 4.14. The van der Waals surface area contributed by atoms with Gasteiger partial charge in [-0.3, -0.25) is 4.79 Å².